The van der Waals surface area contributed by atoms with E-state index in [2.05, 4.69) is 16.0 Å². The van der Waals surface area contributed by atoms with Crippen molar-refractivity contribution in [2.24, 2.45) is 0 Å². The van der Waals surface area contributed by atoms with E-state index in [4.69, 9.17) is 17.0 Å². The predicted octanol–water partition coefficient (Wildman–Crippen LogP) is 5.45. The molecule has 170 valence electrons. The van der Waals surface area contributed by atoms with E-state index in [-0.39, 0.29) is 17.3 Å². The maximum atomic E-state index is 12.4. The number of nitrogens with one attached hydrogen (secondary N) is 3. The van der Waals surface area contributed by atoms with Crippen LogP contribution >= 0.6 is 24.0 Å². The van der Waals surface area contributed by atoms with Crippen LogP contribution in [0, 0.1) is 17.0 Å². The molecular weight excluding hydrogens is 460 g/mol. The van der Waals surface area contributed by atoms with Crippen LogP contribution in [0.15, 0.2) is 71.6 Å². The van der Waals surface area contributed by atoms with Gasteiger partial charge in [-0.1, -0.05) is 18.2 Å². The van der Waals surface area contributed by atoms with Crippen molar-refractivity contribution in [3.05, 3.63) is 82.4 Å². The topological polar surface area (TPSA) is 106 Å². The molecule has 0 aliphatic carbocycles. The Labute approximate surface area is 200 Å². The fourth-order valence-electron chi connectivity index (χ4n) is 2.93. The van der Waals surface area contributed by atoms with Crippen molar-refractivity contribution in [3.63, 3.8) is 0 Å². The van der Waals surface area contributed by atoms with E-state index in [0.29, 0.717) is 22.1 Å². The molecule has 0 saturated heterocycles. The van der Waals surface area contributed by atoms with Gasteiger partial charge in [-0.2, -0.15) is 0 Å². The Morgan fingerprint density at radius 2 is 1.82 bits per heavy atom. The Bertz CT molecular complexity index is 1190. The molecule has 1 amide bonds. The summed E-state index contributed by atoms with van der Waals surface area (Å²) in [5.41, 5.74) is 2.70. The minimum Gasteiger partial charge on any atom is -0.495 e. The molecule has 33 heavy (non-hydrogen) atoms. The highest BCUT2D eigenvalue weighted by atomic mass is 32.2. The SMILES string of the molecule is COc1ccccc1NC(=S)Nc1cccc(SCC(=O)Nc2ccc([N+](=O)[O-])cc2C)c1. The third kappa shape index (κ3) is 6.93. The van der Waals surface area contributed by atoms with E-state index < -0.39 is 4.92 Å². The lowest BCUT2D eigenvalue weighted by atomic mass is 10.2. The summed E-state index contributed by atoms with van der Waals surface area (Å²) < 4.78 is 5.32. The number of amides is 1. The first-order valence-electron chi connectivity index (χ1n) is 9.84. The molecule has 0 saturated carbocycles. The number of hydrogen-bond donors (Lipinski definition) is 3. The number of non-ortho nitro benzene ring substituents is 1. The molecule has 0 aliphatic heterocycles. The molecule has 0 fully saturated rings. The lowest BCUT2D eigenvalue weighted by Gasteiger charge is -2.14. The van der Waals surface area contributed by atoms with Gasteiger partial charge in [-0.05, 0) is 61.1 Å². The third-order valence-corrected chi connectivity index (χ3v) is 5.71. The van der Waals surface area contributed by atoms with Crippen molar-refractivity contribution in [2.45, 2.75) is 11.8 Å². The molecular formula is C23H22N4O4S2. The number of carbonyl (C=O) groups excluding carboxylic acids is 1. The number of hydrogen-bond acceptors (Lipinski definition) is 6. The average molecular weight is 483 g/mol. The standard InChI is InChI=1S/C23H22N4O4S2/c1-15-12-17(27(29)30)10-11-19(15)25-22(28)14-33-18-7-5-6-16(13-18)24-23(32)26-20-8-3-4-9-21(20)31-2/h3-13H,14H2,1-2H3,(H,25,28)(H2,24,26,32). The second-order valence-corrected chi connectivity index (χ2v) is 8.36. The predicted molar refractivity (Wildman–Crippen MR) is 136 cm³/mol. The maximum Gasteiger partial charge on any atom is 0.269 e. The molecule has 0 spiro atoms. The van der Waals surface area contributed by atoms with Gasteiger partial charge in [0.25, 0.3) is 5.69 Å². The number of carbonyl (C=O) groups is 1. The monoisotopic (exact) mass is 482 g/mol. The summed E-state index contributed by atoms with van der Waals surface area (Å²) in [6.07, 6.45) is 0. The number of thioether (sulfide) groups is 1. The fourth-order valence-corrected chi connectivity index (χ4v) is 3.92. The zero-order chi connectivity index (χ0) is 23.8. The summed E-state index contributed by atoms with van der Waals surface area (Å²) in [5, 5.41) is 20.3. The number of nitrogens with zero attached hydrogens (tertiary/aromatic N) is 1. The molecule has 0 radical (unpaired) electrons. The summed E-state index contributed by atoms with van der Waals surface area (Å²) in [4.78, 5) is 23.6. The number of para-hydroxylation sites is 2. The number of nitro groups is 1. The molecule has 3 rings (SSSR count). The average Bonchev–Trinajstić information content (AvgIpc) is 2.79. The Morgan fingerprint density at radius 1 is 1.03 bits per heavy atom. The van der Waals surface area contributed by atoms with E-state index in [9.17, 15) is 14.9 Å². The summed E-state index contributed by atoms with van der Waals surface area (Å²) in [6.45, 7) is 1.72. The first-order chi connectivity index (χ1) is 15.9. The second kappa shape index (κ2) is 11.3. The highest BCUT2D eigenvalue weighted by Crippen LogP contribution is 2.25. The van der Waals surface area contributed by atoms with Crippen LogP contribution in [-0.2, 0) is 4.79 Å². The Balaban J connectivity index is 1.55. The molecule has 0 aliphatic rings. The van der Waals surface area contributed by atoms with Crippen LogP contribution in [0.5, 0.6) is 5.75 Å². The third-order valence-electron chi connectivity index (χ3n) is 4.51. The van der Waals surface area contributed by atoms with Crippen LogP contribution in [0.25, 0.3) is 0 Å². The first-order valence-corrected chi connectivity index (χ1v) is 11.2. The molecule has 0 unspecified atom stereocenters. The minimum atomic E-state index is -0.465. The lowest BCUT2D eigenvalue weighted by Crippen LogP contribution is -2.19. The normalized spacial score (nSPS) is 10.2. The molecule has 8 nitrogen and oxygen atoms in total. The van der Waals surface area contributed by atoms with Crippen molar-refractivity contribution in [1.29, 1.82) is 0 Å². The van der Waals surface area contributed by atoms with Crippen molar-refractivity contribution in [2.75, 3.05) is 28.8 Å². The van der Waals surface area contributed by atoms with Gasteiger partial charge >= 0.3 is 0 Å². The van der Waals surface area contributed by atoms with Gasteiger partial charge in [0.15, 0.2) is 5.11 Å². The number of aryl methyl sites for hydroxylation is 1. The largest absolute Gasteiger partial charge is 0.495 e. The quantitative estimate of drug-likeness (QED) is 0.168. The summed E-state index contributed by atoms with van der Waals surface area (Å²) in [5.74, 6) is 0.660. The van der Waals surface area contributed by atoms with Crippen molar-refractivity contribution >= 4 is 57.7 Å². The number of methoxy groups -OCH3 is 1. The van der Waals surface area contributed by atoms with Crippen LogP contribution in [-0.4, -0.2) is 28.8 Å². The minimum absolute atomic E-state index is 0.0118. The van der Waals surface area contributed by atoms with E-state index in [0.717, 1.165) is 16.3 Å². The number of anilines is 3. The van der Waals surface area contributed by atoms with E-state index in [1.807, 2.05) is 48.5 Å². The number of ether oxygens (including phenoxy) is 1. The lowest BCUT2D eigenvalue weighted by molar-refractivity contribution is -0.384. The van der Waals surface area contributed by atoms with Gasteiger partial charge < -0.3 is 20.7 Å². The molecule has 0 atom stereocenters. The summed E-state index contributed by atoms with van der Waals surface area (Å²) in [6, 6.07) is 19.3. The maximum absolute atomic E-state index is 12.4. The van der Waals surface area contributed by atoms with E-state index in [1.165, 1.54) is 30.0 Å². The molecule has 3 N–H and O–H groups in total. The van der Waals surface area contributed by atoms with Gasteiger partial charge in [-0.15, -0.1) is 11.8 Å². The zero-order valence-electron chi connectivity index (χ0n) is 18.0. The summed E-state index contributed by atoms with van der Waals surface area (Å²) in [7, 11) is 1.59. The second-order valence-electron chi connectivity index (χ2n) is 6.90. The van der Waals surface area contributed by atoms with Crippen LogP contribution in [0.2, 0.25) is 0 Å². The van der Waals surface area contributed by atoms with Gasteiger partial charge in [0.2, 0.25) is 5.91 Å². The fraction of sp³-hybridized carbons (Fsp3) is 0.130. The zero-order valence-corrected chi connectivity index (χ0v) is 19.6. The van der Waals surface area contributed by atoms with Crippen LogP contribution in [0.3, 0.4) is 0 Å². The number of rotatable bonds is 8. The molecule has 3 aromatic rings. The molecule has 3 aromatic carbocycles. The number of thiocarbonyl (C=S) groups is 1. The highest BCUT2D eigenvalue weighted by Gasteiger charge is 2.11. The van der Waals surface area contributed by atoms with Crippen molar-refractivity contribution in [3.8, 4) is 5.75 Å². The van der Waals surface area contributed by atoms with Crippen LogP contribution in [0.4, 0.5) is 22.7 Å². The van der Waals surface area contributed by atoms with Gasteiger partial charge in [-0.3, -0.25) is 14.9 Å². The smallest absolute Gasteiger partial charge is 0.269 e. The Hall–Kier alpha value is -3.63. The Kier molecular flexibility index (Phi) is 8.22. The molecule has 10 heteroatoms. The molecule has 0 heterocycles. The van der Waals surface area contributed by atoms with Gasteiger partial charge in [0, 0.05) is 28.4 Å². The van der Waals surface area contributed by atoms with Gasteiger partial charge in [-0.25, -0.2) is 0 Å². The molecule has 0 bridgehead atoms. The number of benzene rings is 3. The first kappa shape index (κ1) is 24.0. The van der Waals surface area contributed by atoms with E-state index in [1.54, 1.807) is 14.0 Å². The Morgan fingerprint density at radius 3 is 2.55 bits per heavy atom. The molecule has 0 aromatic heterocycles. The number of nitro benzene ring substituents is 1. The van der Waals surface area contributed by atoms with Crippen molar-refractivity contribution in [1.82, 2.24) is 0 Å². The van der Waals surface area contributed by atoms with Gasteiger partial charge in [0.05, 0.1) is 23.5 Å². The highest BCUT2D eigenvalue weighted by molar-refractivity contribution is 8.00. The summed E-state index contributed by atoms with van der Waals surface area (Å²) >= 11 is 6.76. The van der Waals surface area contributed by atoms with Crippen LogP contribution in [0.1, 0.15) is 5.56 Å². The van der Waals surface area contributed by atoms with Crippen molar-refractivity contribution < 1.29 is 14.5 Å². The van der Waals surface area contributed by atoms with Crippen LogP contribution < -0.4 is 20.7 Å². The van der Waals surface area contributed by atoms with E-state index >= 15 is 0 Å². The van der Waals surface area contributed by atoms with Gasteiger partial charge in [0.1, 0.15) is 5.75 Å².